The molecule has 0 bridgehead atoms. The van der Waals surface area contributed by atoms with Crippen LogP contribution in [0.4, 0.5) is 8.78 Å². The Kier molecular flexibility index (Phi) is 11.0. The van der Waals surface area contributed by atoms with Crippen molar-refractivity contribution in [1.82, 2.24) is 0 Å². The lowest BCUT2D eigenvalue weighted by Crippen LogP contribution is -2.33. The average Bonchev–Trinajstić information content (AvgIpc) is 2.62. The van der Waals surface area contributed by atoms with E-state index in [1.165, 1.54) is 57.1 Å². The van der Waals surface area contributed by atoms with Crippen LogP contribution in [0.5, 0.6) is 0 Å². The van der Waals surface area contributed by atoms with Gasteiger partial charge in [0.05, 0.1) is 5.60 Å². The maximum atomic E-state index is 13.3. The maximum Gasteiger partial charge on any atom is 0.159 e. The second-order valence-electron chi connectivity index (χ2n) is 8.06. The van der Waals surface area contributed by atoms with Crippen LogP contribution in [0.25, 0.3) is 0 Å². The Hall–Kier alpha value is -0.960. The number of halogens is 2. The molecule has 0 N–H and O–H groups in total. The van der Waals surface area contributed by atoms with E-state index in [1.54, 1.807) is 13.2 Å². The van der Waals surface area contributed by atoms with Crippen molar-refractivity contribution in [3.8, 4) is 0 Å². The zero-order valence-corrected chi connectivity index (χ0v) is 17.3. The summed E-state index contributed by atoms with van der Waals surface area (Å²) in [4.78, 5) is 0. The van der Waals surface area contributed by atoms with Crippen molar-refractivity contribution in [2.75, 3.05) is 7.11 Å². The van der Waals surface area contributed by atoms with Gasteiger partial charge >= 0.3 is 0 Å². The second kappa shape index (κ2) is 12.4. The lowest BCUT2D eigenvalue weighted by molar-refractivity contribution is -0.0352. The van der Waals surface area contributed by atoms with Gasteiger partial charge in [-0.1, -0.05) is 57.9 Å². The molecule has 1 aromatic rings. The monoisotopic (exact) mass is 368 g/mol. The zero-order chi connectivity index (χ0) is 19.4. The highest BCUT2D eigenvalue weighted by Crippen LogP contribution is 2.31. The van der Waals surface area contributed by atoms with Gasteiger partial charge in [-0.15, -0.1) is 0 Å². The lowest BCUT2D eigenvalue weighted by Gasteiger charge is -2.33. The molecule has 1 unspecified atom stereocenters. The summed E-state index contributed by atoms with van der Waals surface area (Å²) >= 11 is 0. The molecule has 0 saturated heterocycles. The molecule has 1 atom stereocenters. The predicted molar refractivity (Wildman–Crippen MR) is 106 cm³/mol. The standard InChI is InChI=1S/C23H38F2O/c1-5-6-7-8-9-10-14-20(23(2,3)26-4)15-12-11-13-19-16-17-21(24)22(25)18-19/h16-18,20H,5-15H2,1-4H3. The van der Waals surface area contributed by atoms with Crippen molar-refractivity contribution < 1.29 is 13.5 Å². The summed E-state index contributed by atoms with van der Waals surface area (Å²) in [5.41, 5.74) is 0.771. The molecule has 0 fully saturated rings. The zero-order valence-electron chi connectivity index (χ0n) is 17.3. The Morgan fingerprint density at radius 1 is 0.885 bits per heavy atom. The smallest absolute Gasteiger partial charge is 0.159 e. The molecule has 0 saturated carbocycles. The van der Waals surface area contributed by atoms with E-state index in [0.717, 1.165) is 31.2 Å². The fraction of sp³-hybridized carbons (Fsp3) is 0.739. The average molecular weight is 369 g/mol. The first kappa shape index (κ1) is 23.1. The third-order valence-corrected chi connectivity index (χ3v) is 5.67. The van der Waals surface area contributed by atoms with Gasteiger partial charge < -0.3 is 4.74 Å². The van der Waals surface area contributed by atoms with Crippen LogP contribution in [0.2, 0.25) is 0 Å². The van der Waals surface area contributed by atoms with E-state index in [1.807, 2.05) is 0 Å². The van der Waals surface area contributed by atoms with E-state index < -0.39 is 11.6 Å². The highest BCUT2D eigenvalue weighted by atomic mass is 19.2. The first-order chi connectivity index (χ1) is 12.4. The highest BCUT2D eigenvalue weighted by molar-refractivity contribution is 5.17. The molecule has 1 aromatic carbocycles. The molecule has 1 rings (SSSR count). The predicted octanol–water partition coefficient (Wildman–Crippen LogP) is 7.47. The number of ether oxygens (including phenoxy) is 1. The van der Waals surface area contributed by atoms with Gasteiger partial charge in [-0.05, 0) is 63.1 Å². The van der Waals surface area contributed by atoms with Gasteiger partial charge in [0.1, 0.15) is 0 Å². The normalized spacial score (nSPS) is 13.2. The van der Waals surface area contributed by atoms with E-state index in [2.05, 4.69) is 20.8 Å². The Morgan fingerprint density at radius 3 is 2.12 bits per heavy atom. The van der Waals surface area contributed by atoms with E-state index >= 15 is 0 Å². The Labute approximate surface area is 159 Å². The van der Waals surface area contributed by atoms with Gasteiger partial charge in [0.15, 0.2) is 11.6 Å². The molecule has 26 heavy (non-hydrogen) atoms. The first-order valence-corrected chi connectivity index (χ1v) is 10.4. The van der Waals surface area contributed by atoms with Crippen LogP contribution in [0, 0.1) is 17.6 Å². The molecule has 0 aliphatic heterocycles. The molecule has 150 valence electrons. The van der Waals surface area contributed by atoms with Gasteiger partial charge in [-0.3, -0.25) is 0 Å². The molecule has 0 aliphatic rings. The van der Waals surface area contributed by atoms with Crippen molar-refractivity contribution in [1.29, 1.82) is 0 Å². The molecule has 1 nitrogen and oxygen atoms in total. The summed E-state index contributed by atoms with van der Waals surface area (Å²) in [7, 11) is 1.80. The number of rotatable bonds is 14. The van der Waals surface area contributed by atoms with E-state index in [4.69, 9.17) is 4.74 Å². The third kappa shape index (κ3) is 8.62. The van der Waals surface area contributed by atoms with Gasteiger partial charge in [-0.2, -0.15) is 0 Å². The molecule has 0 heterocycles. The number of hydrogen-bond donors (Lipinski definition) is 0. The van der Waals surface area contributed by atoms with E-state index in [9.17, 15) is 8.78 Å². The summed E-state index contributed by atoms with van der Waals surface area (Å²) in [6.45, 7) is 6.62. The summed E-state index contributed by atoms with van der Waals surface area (Å²) in [5, 5.41) is 0. The molecular weight excluding hydrogens is 330 g/mol. The summed E-state index contributed by atoms with van der Waals surface area (Å²) in [6.07, 6.45) is 13.1. The van der Waals surface area contributed by atoms with Crippen molar-refractivity contribution in [2.45, 2.75) is 97.0 Å². The molecule has 0 aromatic heterocycles. The molecule has 3 heteroatoms. The van der Waals surface area contributed by atoms with Crippen LogP contribution >= 0.6 is 0 Å². The van der Waals surface area contributed by atoms with Crippen LogP contribution < -0.4 is 0 Å². The number of hydrogen-bond acceptors (Lipinski definition) is 1. The first-order valence-electron chi connectivity index (χ1n) is 10.4. The molecule has 0 amide bonds. The largest absolute Gasteiger partial charge is 0.379 e. The van der Waals surface area contributed by atoms with Crippen LogP contribution in [-0.2, 0) is 11.2 Å². The number of aryl methyl sites for hydroxylation is 1. The minimum absolute atomic E-state index is 0.106. The lowest BCUT2D eigenvalue weighted by atomic mass is 9.82. The van der Waals surface area contributed by atoms with E-state index in [-0.39, 0.29) is 5.60 Å². The Morgan fingerprint density at radius 2 is 1.50 bits per heavy atom. The topological polar surface area (TPSA) is 9.23 Å². The number of unbranched alkanes of at least 4 members (excludes halogenated alkanes) is 6. The molecule has 0 spiro atoms. The van der Waals surface area contributed by atoms with Gasteiger partial charge in [-0.25, -0.2) is 8.78 Å². The third-order valence-electron chi connectivity index (χ3n) is 5.67. The molecule has 0 radical (unpaired) electrons. The number of benzene rings is 1. The molecule has 0 aliphatic carbocycles. The van der Waals surface area contributed by atoms with Gasteiger partial charge in [0, 0.05) is 7.11 Å². The molecular formula is C23H38F2O. The minimum Gasteiger partial charge on any atom is -0.379 e. The van der Waals surface area contributed by atoms with Gasteiger partial charge in [0.2, 0.25) is 0 Å². The minimum atomic E-state index is -0.769. The Balaban J connectivity index is 2.36. The van der Waals surface area contributed by atoms with Crippen LogP contribution in [0.15, 0.2) is 18.2 Å². The fourth-order valence-electron chi connectivity index (χ4n) is 3.59. The van der Waals surface area contributed by atoms with Crippen molar-refractivity contribution in [3.05, 3.63) is 35.4 Å². The van der Waals surface area contributed by atoms with Crippen LogP contribution in [0.3, 0.4) is 0 Å². The summed E-state index contributed by atoms with van der Waals surface area (Å²) in [6, 6.07) is 4.23. The number of methoxy groups -OCH3 is 1. The summed E-state index contributed by atoms with van der Waals surface area (Å²) < 4.78 is 32.0. The fourth-order valence-corrected chi connectivity index (χ4v) is 3.59. The van der Waals surface area contributed by atoms with E-state index in [0.29, 0.717) is 5.92 Å². The van der Waals surface area contributed by atoms with Crippen molar-refractivity contribution in [2.24, 2.45) is 5.92 Å². The quantitative estimate of drug-likeness (QED) is 0.309. The van der Waals surface area contributed by atoms with Crippen molar-refractivity contribution >= 4 is 0 Å². The maximum absolute atomic E-state index is 13.3. The Bertz CT molecular complexity index is 499. The summed E-state index contributed by atoms with van der Waals surface area (Å²) in [5.74, 6) is -0.970. The highest BCUT2D eigenvalue weighted by Gasteiger charge is 2.28. The SMILES string of the molecule is CCCCCCCCC(CCCCc1ccc(F)c(F)c1)C(C)(C)OC. The van der Waals surface area contributed by atoms with Crippen molar-refractivity contribution in [3.63, 3.8) is 0 Å². The second-order valence-corrected chi connectivity index (χ2v) is 8.06. The van der Waals surface area contributed by atoms with Crippen LogP contribution in [-0.4, -0.2) is 12.7 Å². The van der Waals surface area contributed by atoms with Gasteiger partial charge in [0.25, 0.3) is 0 Å². The van der Waals surface area contributed by atoms with Crippen LogP contribution in [0.1, 0.15) is 90.5 Å².